The minimum absolute atomic E-state index is 0. The molecule has 0 saturated carbocycles. The lowest BCUT2D eigenvalue weighted by atomic mass is 9.90. The molecule has 1 atom stereocenters. The second kappa shape index (κ2) is 12.3. The highest BCUT2D eigenvalue weighted by atomic mass is 127. The first-order chi connectivity index (χ1) is 14.6. The van der Waals surface area contributed by atoms with Gasteiger partial charge in [-0.1, -0.05) is 48.5 Å². The molecule has 2 aromatic carbocycles. The molecule has 2 amide bonds. The maximum atomic E-state index is 12.6. The number of guanidine groups is 1. The first-order valence-corrected chi connectivity index (χ1v) is 10.3. The summed E-state index contributed by atoms with van der Waals surface area (Å²) in [5, 5.41) is 9.25. The van der Waals surface area contributed by atoms with Crippen molar-refractivity contribution in [1.29, 1.82) is 0 Å². The molecule has 1 heterocycles. The molecule has 1 unspecified atom stereocenters. The number of halogens is 1. The predicted molar refractivity (Wildman–Crippen MR) is 135 cm³/mol. The predicted octanol–water partition coefficient (Wildman–Crippen LogP) is 2.94. The Bertz CT molecular complexity index is 904. The molecule has 8 heteroatoms. The second-order valence-electron chi connectivity index (χ2n) is 7.24. The van der Waals surface area contributed by atoms with E-state index in [9.17, 15) is 9.59 Å². The zero-order valence-electron chi connectivity index (χ0n) is 17.9. The third-order valence-corrected chi connectivity index (χ3v) is 5.20. The van der Waals surface area contributed by atoms with Crippen molar-refractivity contribution >= 4 is 47.4 Å². The van der Waals surface area contributed by atoms with E-state index in [1.54, 1.807) is 11.9 Å². The molecule has 1 aliphatic heterocycles. The van der Waals surface area contributed by atoms with Crippen molar-refractivity contribution in [3.63, 3.8) is 0 Å². The van der Waals surface area contributed by atoms with Crippen molar-refractivity contribution in [2.75, 3.05) is 32.0 Å². The fourth-order valence-corrected chi connectivity index (χ4v) is 3.58. The third kappa shape index (κ3) is 6.95. The summed E-state index contributed by atoms with van der Waals surface area (Å²) >= 11 is 0. The zero-order valence-corrected chi connectivity index (χ0v) is 20.3. The van der Waals surface area contributed by atoms with Crippen molar-refractivity contribution in [2.24, 2.45) is 4.99 Å². The van der Waals surface area contributed by atoms with Gasteiger partial charge in [0.1, 0.15) is 0 Å². The average Bonchev–Trinajstić information content (AvgIpc) is 2.77. The Morgan fingerprint density at radius 3 is 2.55 bits per heavy atom. The number of amides is 2. The molecule has 0 fully saturated rings. The smallest absolute Gasteiger partial charge is 0.242 e. The van der Waals surface area contributed by atoms with Crippen LogP contribution < -0.4 is 16.0 Å². The van der Waals surface area contributed by atoms with E-state index in [1.807, 2.05) is 61.5 Å². The van der Waals surface area contributed by atoms with Crippen LogP contribution in [0.15, 0.2) is 59.6 Å². The largest absolute Gasteiger partial charge is 0.356 e. The summed E-state index contributed by atoms with van der Waals surface area (Å²) in [7, 11) is 1.67. The van der Waals surface area contributed by atoms with E-state index in [0.29, 0.717) is 32.0 Å². The summed E-state index contributed by atoms with van der Waals surface area (Å²) < 4.78 is 0. The van der Waals surface area contributed by atoms with E-state index in [0.717, 1.165) is 16.8 Å². The van der Waals surface area contributed by atoms with Gasteiger partial charge < -0.3 is 20.9 Å². The third-order valence-electron chi connectivity index (χ3n) is 5.20. The lowest BCUT2D eigenvalue weighted by molar-refractivity contribution is -0.130. The maximum Gasteiger partial charge on any atom is 0.242 e. The minimum Gasteiger partial charge on any atom is -0.356 e. The summed E-state index contributed by atoms with van der Waals surface area (Å²) in [4.78, 5) is 30.6. The highest BCUT2D eigenvalue weighted by Crippen LogP contribution is 2.31. The first-order valence-electron chi connectivity index (χ1n) is 10.3. The van der Waals surface area contributed by atoms with E-state index in [4.69, 9.17) is 0 Å². The van der Waals surface area contributed by atoms with Gasteiger partial charge in [-0.3, -0.25) is 14.6 Å². The van der Waals surface area contributed by atoms with Crippen LogP contribution in [0.4, 0.5) is 5.69 Å². The Morgan fingerprint density at radius 2 is 1.84 bits per heavy atom. The number of nitrogens with zero attached hydrogens (tertiary/aromatic N) is 2. The van der Waals surface area contributed by atoms with E-state index in [2.05, 4.69) is 20.9 Å². The topological polar surface area (TPSA) is 85.8 Å². The summed E-state index contributed by atoms with van der Waals surface area (Å²) in [5.41, 5.74) is 3.07. The first kappa shape index (κ1) is 24.6. The number of anilines is 1. The molecule has 166 valence electrons. The van der Waals surface area contributed by atoms with Crippen molar-refractivity contribution < 1.29 is 9.59 Å². The molecular weight excluding hydrogens is 505 g/mol. The van der Waals surface area contributed by atoms with Crippen LogP contribution in [0.25, 0.3) is 0 Å². The monoisotopic (exact) mass is 535 g/mol. The summed E-state index contributed by atoms with van der Waals surface area (Å²) in [5.74, 6) is 0.613. The number of nitrogens with one attached hydrogen (secondary N) is 3. The molecule has 1 aliphatic rings. The summed E-state index contributed by atoms with van der Waals surface area (Å²) in [6, 6.07) is 17.8. The average molecular weight is 535 g/mol. The molecule has 2 aromatic rings. The van der Waals surface area contributed by atoms with Gasteiger partial charge >= 0.3 is 0 Å². The van der Waals surface area contributed by atoms with Gasteiger partial charge in [0.2, 0.25) is 11.8 Å². The zero-order chi connectivity index (χ0) is 21.3. The van der Waals surface area contributed by atoms with E-state index >= 15 is 0 Å². The van der Waals surface area contributed by atoms with Gasteiger partial charge in [-0.2, -0.15) is 0 Å². The van der Waals surface area contributed by atoms with Crippen LogP contribution in [0.3, 0.4) is 0 Å². The molecule has 31 heavy (non-hydrogen) atoms. The van der Waals surface area contributed by atoms with Crippen LogP contribution in [0.2, 0.25) is 0 Å². The summed E-state index contributed by atoms with van der Waals surface area (Å²) in [6.45, 7) is 3.90. The highest BCUT2D eigenvalue weighted by molar-refractivity contribution is 14.0. The number of hydrogen-bond acceptors (Lipinski definition) is 3. The second-order valence-corrected chi connectivity index (χ2v) is 7.24. The summed E-state index contributed by atoms with van der Waals surface area (Å²) in [6.07, 6.45) is 0.417. The van der Waals surface area contributed by atoms with Crippen molar-refractivity contribution in [1.82, 2.24) is 15.5 Å². The van der Waals surface area contributed by atoms with Gasteiger partial charge in [-0.15, -0.1) is 24.0 Å². The van der Waals surface area contributed by atoms with Gasteiger partial charge in [0.15, 0.2) is 5.96 Å². The van der Waals surface area contributed by atoms with Gasteiger partial charge in [0.05, 0.1) is 6.54 Å². The molecule has 3 rings (SSSR count). The van der Waals surface area contributed by atoms with E-state index in [-0.39, 0.29) is 48.3 Å². The van der Waals surface area contributed by atoms with Gasteiger partial charge in [-0.25, -0.2) is 0 Å². The number of carbonyl (C=O) groups is 2. The molecule has 7 nitrogen and oxygen atoms in total. The lowest BCUT2D eigenvalue weighted by Gasteiger charge is -2.26. The Balaban J connectivity index is 0.00000341. The Labute approximate surface area is 200 Å². The Kier molecular flexibility index (Phi) is 9.77. The Morgan fingerprint density at radius 1 is 1.13 bits per heavy atom. The number of aliphatic imine (C=N–C) groups is 1. The minimum atomic E-state index is 0. The van der Waals surface area contributed by atoms with Crippen LogP contribution in [-0.4, -0.2) is 49.4 Å². The lowest BCUT2D eigenvalue weighted by Crippen LogP contribution is -2.45. The van der Waals surface area contributed by atoms with E-state index in [1.165, 1.54) is 0 Å². The fourth-order valence-electron chi connectivity index (χ4n) is 3.58. The van der Waals surface area contributed by atoms with Crippen molar-refractivity contribution in [3.8, 4) is 0 Å². The molecule has 0 aromatic heterocycles. The van der Waals surface area contributed by atoms with Crippen LogP contribution in [0.5, 0.6) is 0 Å². The van der Waals surface area contributed by atoms with Crippen LogP contribution in [0.1, 0.15) is 30.4 Å². The van der Waals surface area contributed by atoms with Crippen LogP contribution in [-0.2, 0) is 16.1 Å². The normalized spacial score (nSPS) is 15.2. The molecule has 0 saturated heterocycles. The van der Waals surface area contributed by atoms with Crippen molar-refractivity contribution in [2.45, 2.75) is 25.8 Å². The van der Waals surface area contributed by atoms with Crippen molar-refractivity contribution in [3.05, 3.63) is 65.7 Å². The molecule has 3 N–H and O–H groups in total. The molecular formula is C23H30IN5O2. The van der Waals surface area contributed by atoms with E-state index < -0.39 is 0 Å². The highest BCUT2D eigenvalue weighted by Gasteiger charge is 2.24. The molecule has 0 radical (unpaired) electrons. The van der Waals surface area contributed by atoms with Gasteiger partial charge in [0, 0.05) is 44.7 Å². The SMILES string of the molecule is CCN(Cc1ccccc1)C(=O)CNC(=NC)NCC1CC(=O)Nc2ccccc21.I. The molecule has 0 spiro atoms. The number of fused-ring (bicyclic) bond motifs is 1. The number of para-hydroxylation sites is 1. The quantitative estimate of drug-likeness (QED) is 0.289. The van der Waals surface area contributed by atoms with Crippen LogP contribution >= 0.6 is 24.0 Å². The standard InChI is InChI=1S/C23H29N5O2.HI/c1-3-28(16-17-9-5-4-6-10-17)22(30)15-26-23(24-2)25-14-18-13-21(29)27-20-12-8-7-11-19(18)20;/h4-12,18H,3,13-16H2,1-2H3,(H,27,29)(H2,24,25,26);1H. The van der Waals surface area contributed by atoms with Crippen LogP contribution in [0, 0.1) is 0 Å². The number of carbonyl (C=O) groups excluding carboxylic acids is 2. The number of benzene rings is 2. The van der Waals surface area contributed by atoms with Gasteiger partial charge in [-0.05, 0) is 24.1 Å². The maximum absolute atomic E-state index is 12.6. The number of hydrogen-bond donors (Lipinski definition) is 3. The fraction of sp³-hybridized carbons (Fsp3) is 0.348. The number of likely N-dealkylation sites (N-methyl/N-ethyl adjacent to an activating group) is 1. The number of rotatable bonds is 7. The van der Waals surface area contributed by atoms with Gasteiger partial charge in [0.25, 0.3) is 0 Å². The Hall–Kier alpha value is -2.62. The molecule has 0 aliphatic carbocycles. The molecule has 0 bridgehead atoms.